The second-order valence-electron chi connectivity index (χ2n) is 5.45. The van der Waals surface area contributed by atoms with E-state index in [1.165, 1.54) is 11.1 Å². The fourth-order valence-corrected chi connectivity index (χ4v) is 2.27. The molecule has 4 nitrogen and oxygen atoms in total. The second-order valence-corrected chi connectivity index (χ2v) is 5.45. The molecule has 0 aliphatic rings. The third-order valence-electron chi connectivity index (χ3n) is 3.72. The largest absolute Gasteiger partial charge is 0.338 e. The molecule has 0 spiro atoms. The van der Waals surface area contributed by atoms with Crippen LogP contribution in [0, 0.1) is 6.92 Å². The van der Waals surface area contributed by atoms with Gasteiger partial charge in [0.15, 0.2) is 0 Å². The van der Waals surface area contributed by atoms with Gasteiger partial charge in [0, 0.05) is 17.2 Å². The van der Waals surface area contributed by atoms with E-state index in [1.54, 1.807) is 6.07 Å². The lowest BCUT2D eigenvalue weighted by Gasteiger charge is -2.02. The Balaban J connectivity index is 1.73. The smallest absolute Gasteiger partial charge is 0.258 e. The highest BCUT2D eigenvalue weighted by molar-refractivity contribution is 6.03. The highest BCUT2D eigenvalue weighted by atomic mass is 16.5. The van der Waals surface area contributed by atoms with Crippen LogP contribution in [0.15, 0.2) is 59.1 Å². The molecule has 1 N–H and O–H groups in total. The molecule has 1 heterocycles. The Morgan fingerprint density at radius 3 is 2.43 bits per heavy atom. The number of carbonyl (C=O) groups is 1. The molecule has 0 radical (unpaired) electrons. The maximum Gasteiger partial charge on any atom is 0.258 e. The summed E-state index contributed by atoms with van der Waals surface area (Å²) in [5.41, 5.74) is 4.62. The molecular weight excluding hydrogens is 288 g/mol. The number of hydrogen-bond donors (Lipinski definition) is 1. The second kappa shape index (κ2) is 6.48. The van der Waals surface area contributed by atoms with Gasteiger partial charge >= 0.3 is 0 Å². The number of nitrogens with zero attached hydrogens (tertiary/aromatic N) is 1. The quantitative estimate of drug-likeness (QED) is 0.774. The molecular formula is C19H18N2O2. The molecule has 0 fully saturated rings. The molecule has 2 aromatic carbocycles. The fourth-order valence-electron chi connectivity index (χ4n) is 2.27. The maximum atomic E-state index is 12.2. The van der Waals surface area contributed by atoms with Gasteiger partial charge < -0.3 is 4.52 Å². The van der Waals surface area contributed by atoms with Gasteiger partial charge in [0.2, 0.25) is 5.88 Å². The predicted molar refractivity (Wildman–Crippen MR) is 90.4 cm³/mol. The van der Waals surface area contributed by atoms with Crippen LogP contribution < -0.4 is 5.32 Å². The number of aryl methyl sites for hydroxylation is 2. The molecule has 0 bridgehead atoms. The molecule has 116 valence electrons. The molecule has 0 saturated carbocycles. The van der Waals surface area contributed by atoms with Gasteiger partial charge in [-0.05, 0) is 31.0 Å². The summed E-state index contributed by atoms with van der Waals surface area (Å²) in [6.07, 6.45) is 0.948. The zero-order valence-corrected chi connectivity index (χ0v) is 13.2. The van der Waals surface area contributed by atoms with E-state index in [4.69, 9.17) is 4.52 Å². The minimum Gasteiger partial charge on any atom is -0.338 e. The molecule has 0 aliphatic heterocycles. The minimum atomic E-state index is -0.209. The van der Waals surface area contributed by atoms with Crippen molar-refractivity contribution in [2.24, 2.45) is 0 Å². The average Bonchev–Trinajstić information content (AvgIpc) is 3.04. The number of carbonyl (C=O) groups excluding carboxylic acids is 1. The molecule has 1 aromatic heterocycles. The molecule has 4 heteroatoms. The Morgan fingerprint density at radius 1 is 1.09 bits per heavy atom. The number of amides is 1. The van der Waals surface area contributed by atoms with Crippen molar-refractivity contribution in [1.29, 1.82) is 0 Å². The molecule has 0 unspecified atom stereocenters. The van der Waals surface area contributed by atoms with Crippen LogP contribution in [-0.2, 0) is 6.42 Å². The lowest BCUT2D eigenvalue weighted by molar-refractivity contribution is 0.102. The summed E-state index contributed by atoms with van der Waals surface area (Å²) >= 11 is 0. The van der Waals surface area contributed by atoms with Gasteiger partial charge in [-0.2, -0.15) is 0 Å². The van der Waals surface area contributed by atoms with E-state index in [0.717, 1.165) is 12.0 Å². The van der Waals surface area contributed by atoms with Crippen LogP contribution >= 0.6 is 0 Å². The van der Waals surface area contributed by atoms with E-state index in [2.05, 4.69) is 17.4 Å². The van der Waals surface area contributed by atoms with Crippen LogP contribution in [0.5, 0.6) is 0 Å². The van der Waals surface area contributed by atoms with E-state index in [-0.39, 0.29) is 5.91 Å². The first-order valence-electron chi connectivity index (χ1n) is 7.60. The van der Waals surface area contributed by atoms with Crippen molar-refractivity contribution in [2.75, 3.05) is 5.32 Å². The SMILES string of the molecule is CCc1ccc(C(=O)Nc2cc(-c3ccc(C)cc3)no2)cc1. The van der Waals surface area contributed by atoms with Crippen LogP contribution in [-0.4, -0.2) is 11.1 Å². The van der Waals surface area contributed by atoms with Gasteiger partial charge in [0.1, 0.15) is 5.69 Å². The number of benzene rings is 2. The van der Waals surface area contributed by atoms with Crippen molar-refractivity contribution in [3.05, 3.63) is 71.3 Å². The van der Waals surface area contributed by atoms with Gasteiger partial charge in [0.25, 0.3) is 5.91 Å². The van der Waals surface area contributed by atoms with Gasteiger partial charge in [0.05, 0.1) is 0 Å². The van der Waals surface area contributed by atoms with Gasteiger partial charge in [-0.25, -0.2) is 0 Å². The molecule has 0 atom stereocenters. The van der Waals surface area contributed by atoms with Crippen LogP contribution in [0.4, 0.5) is 5.88 Å². The number of aromatic nitrogens is 1. The lowest BCUT2D eigenvalue weighted by atomic mass is 10.1. The van der Waals surface area contributed by atoms with Crippen molar-refractivity contribution in [1.82, 2.24) is 5.16 Å². The predicted octanol–water partition coefficient (Wildman–Crippen LogP) is 4.46. The monoisotopic (exact) mass is 306 g/mol. The highest BCUT2D eigenvalue weighted by Crippen LogP contribution is 2.22. The van der Waals surface area contributed by atoms with Crippen LogP contribution in [0.3, 0.4) is 0 Å². The summed E-state index contributed by atoms with van der Waals surface area (Å²) in [5.74, 6) is 0.129. The first kappa shape index (κ1) is 15.0. The third kappa shape index (κ3) is 3.48. The van der Waals surface area contributed by atoms with Crippen molar-refractivity contribution >= 4 is 11.8 Å². The Morgan fingerprint density at radius 2 is 1.78 bits per heavy atom. The zero-order valence-electron chi connectivity index (χ0n) is 13.2. The van der Waals surface area contributed by atoms with E-state index in [9.17, 15) is 4.79 Å². The number of nitrogens with one attached hydrogen (secondary N) is 1. The summed E-state index contributed by atoms with van der Waals surface area (Å²) in [6, 6.07) is 17.2. The maximum absolute atomic E-state index is 12.2. The van der Waals surface area contributed by atoms with Crippen LogP contribution in [0.25, 0.3) is 11.3 Å². The Labute approximate surface area is 135 Å². The zero-order chi connectivity index (χ0) is 16.2. The minimum absolute atomic E-state index is 0.209. The molecule has 1 amide bonds. The van der Waals surface area contributed by atoms with E-state index in [0.29, 0.717) is 17.1 Å². The Hall–Kier alpha value is -2.88. The first-order valence-corrected chi connectivity index (χ1v) is 7.60. The topological polar surface area (TPSA) is 55.1 Å². The van der Waals surface area contributed by atoms with Gasteiger partial charge in [-0.15, -0.1) is 0 Å². The van der Waals surface area contributed by atoms with Crippen molar-refractivity contribution < 1.29 is 9.32 Å². The molecule has 3 rings (SSSR count). The molecule has 3 aromatic rings. The summed E-state index contributed by atoms with van der Waals surface area (Å²) in [6.45, 7) is 4.11. The number of anilines is 1. The summed E-state index contributed by atoms with van der Waals surface area (Å²) < 4.78 is 5.20. The van der Waals surface area contributed by atoms with Crippen molar-refractivity contribution in [2.45, 2.75) is 20.3 Å². The molecule has 23 heavy (non-hydrogen) atoms. The van der Waals surface area contributed by atoms with Crippen LogP contribution in [0.2, 0.25) is 0 Å². The normalized spacial score (nSPS) is 10.5. The summed E-state index contributed by atoms with van der Waals surface area (Å²) in [4.78, 5) is 12.2. The Kier molecular flexibility index (Phi) is 4.24. The fraction of sp³-hybridized carbons (Fsp3) is 0.158. The first-order chi connectivity index (χ1) is 11.2. The number of rotatable bonds is 4. The van der Waals surface area contributed by atoms with E-state index in [1.807, 2.05) is 55.5 Å². The van der Waals surface area contributed by atoms with E-state index < -0.39 is 0 Å². The lowest BCUT2D eigenvalue weighted by Crippen LogP contribution is -2.11. The van der Waals surface area contributed by atoms with Crippen LogP contribution in [0.1, 0.15) is 28.4 Å². The van der Waals surface area contributed by atoms with Gasteiger partial charge in [-0.1, -0.05) is 54.0 Å². The van der Waals surface area contributed by atoms with Crippen molar-refractivity contribution in [3.63, 3.8) is 0 Å². The van der Waals surface area contributed by atoms with Crippen molar-refractivity contribution in [3.8, 4) is 11.3 Å². The molecule has 0 saturated heterocycles. The Bertz CT molecular complexity index is 802. The number of hydrogen-bond acceptors (Lipinski definition) is 3. The standard InChI is InChI=1S/C19H18N2O2/c1-3-14-6-10-16(11-7-14)19(22)20-18-12-17(21-23-18)15-8-4-13(2)5-9-15/h4-12H,3H2,1-2H3,(H,20,22). The average molecular weight is 306 g/mol. The van der Waals surface area contributed by atoms with E-state index >= 15 is 0 Å². The molecule has 0 aliphatic carbocycles. The summed E-state index contributed by atoms with van der Waals surface area (Å²) in [7, 11) is 0. The van der Waals surface area contributed by atoms with Gasteiger partial charge in [-0.3, -0.25) is 10.1 Å². The highest BCUT2D eigenvalue weighted by Gasteiger charge is 2.11. The summed E-state index contributed by atoms with van der Waals surface area (Å²) in [5, 5.41) is 6.73. The third-order valence-corrected chi connectivity index (χ3v) is 3.72.